The summed E-state index contributed by atoms with van der Waals surface area (Å²) in [6, 6.07) is 14.4. The molecule has 2 aliphatic heterocycles. The van der Waals surface area contributed by atoms with Gasteiger partial charge in [-0.1, -0.05) is 6.07 Å². The number of anilines is 1. The van der Waals surface area contributed by atoms with Gasteiger partial charge in [0.25, 0.3) is 5.91 Å². The number of amides is 1. The molecule has 0 radical (unpaired) electrons. The fourth-order valence-electron chi connectivity index (χ4n) is 5.34. The molecule has 1 N–H and O–H groups in total. The Bertz CT molecular complexity index is 1600. The topological polar surface area (TPSA) is 88.0 Å². The monoisotopic (exact) mass is 558 g/mol. The number of nitrogens with zero attached hydrogens (tertiary/aromatic N) is 4. The van der Waals surface area contributed by atoms with Crippen LogP contribution in [-0.4, -0.2) is 59.3 Å². The third-order valence-electron chi connectivity index (χ3n) is 7.50. The van der Waals surface area contributed by atoms with Crippen molar-refractivity contribution >= 4 is 11.6 Å². The van der Waals surface area contributed by atoms with Gasteiger partial charge in [0.2, 0.25) is 0 Å². The van der Waals surface area contributed by atoms with Crippen molar-refractivity contribution in [2.45, 2.75) is 25.6 Å². The molecule has 41 heavy (non-hydrogen) atoms. The molecule has 0 atom stereocenters. The van der Waals surface area contributed by atoms with Crippen LogP contribution in [0.15, 0.2) is 60.8 Å². The van der Waals surface area contributed by atoms with Gasteiger partial charge >= 0.3 is 0 Å². The molecule has 2 aromatic heterocycles. The van der Waals surface area contributed by atoms with E-state index in [2.05, 4.69) is 9.97 Å². The summed E-state index contributed by atoms with van der Waals surface area (Å²) in [5.74, 6) is -0.481. The molecule has 6 rings (SSSR count). The summed E-state index contributed by atoms with van der Waals surface area (Å²) >= 11 is 0. The minimum absolute atomic E-state index is 0.122. The van der Waals surface area contributed by atoms with E-state index >= 15 is 0 Å². The van der Waals surface area contributed by atoms with Gasteiger partial charge < -0.3 is 24.4 Å². The molecular weight excluding hydrogens is 530 g/mol. The highest BCUT2D eigenvalue weighted by Gasteiger charge is 2.33. The molecular formula is C31H28F2N4O4. The molecule has 2 aliphatic rings. The second kappa shape index (κ2) is 10.8. The highest BCUT2D eigenvalue weighted by Crippen LogP contribution is 2.35. The van der Waals surface area contributed by atoms with Gasteiger partial charge in [0.15, 0.2) is 0 Å². The number of hydrogen-bond acceptors (Lipinski definition) is 7. The molecule has 1 fully saturated rings. The lowest BCUT2D eigenvalue weighted by molar-refractivity contribution is 0.0764. The maximum atomic E-state index is 14.8. The van der Waals surface area contributed by atoms with Crippen LogP contribution in [0.2, 0.25) is 0 Å². The standard InChI is InChI=1S/C31H28F2N4O4/c1-40-23-9-6-18(28(12-23)41-2)14-37-17-27-29(31(37)39)19(11-26(35-27)30-24(32)4-3-5-25(30)33)10-20-7-8-21(13-34-20)36-15-22(38)16-36/h3-9,11-13,22,38H,10,14-17H2,1-2H3. The van der Waals surface area contributed by atoms with Crippen LogP contribution in [0.1, 0.15) is 32.9 Å². The molecule has 1 saturated heterocycles. The van der Waals surface area contributed by atoms with Crippen molar-refractivity contribution in [3.8, 4) is 22.8 Å². The fraction of sp³-hybridized carbons (Fsp3) is 0.258. The SMILES string of the molecule is COc1ccc(CN2Cc3nc(-c4c(F)cccc4F)cc(Cc4ccc(N5CC(O)C5)cn4)c3C2=O)c(OC)c1. The number of fused-ring (bicyclic) bond motifs is 1. The molecule has 4 heterocycles. The third-order valence-corrected chi connectivity index (χ3v) is 7.50. The zero-order valence-electron chi connectivity index (χ0n) is 22.6. The number of rotatable bonds is 8. The first kappa shape index (κ1) is 26.6. The smallest absolute Gasteiger partial charge is 0.256 e. The van der Waals surface area contributed by atoms with Crippen LogP contribution in [0, 0.1) is 11.6 Å². The first-order valence-electron chi connectivity index (χ1n) is 13.2. The largest absolute Gasteiger partial charge is 0.497 e. The molecule has 2 aromatic carbocycles. The number of hydrogen-bond donors (Lipinski definition) is 1. The van der Waals surface area contributed by atoms with Gasteiger partial charge in [0.05, 0.1) is 67.8 Å². The first-order valence-corrected chi connectivity index (χ1v) is 13.2. The molecule has 8 nitrogen and oxygen atoms in total. The second-order valence-electron chi connectivity index (χ2n) is 10.2. The van der Waals surface area contributed by atoms with Crippen LogP contribution in [0.5, 0.6) is 11.5 Å². The molecule has 1 amide bonds. The van der Waals surface area contributed by atoms with E-state index in [-0.39, 0.29) is 42.8 Å². The minimum Gasteiger partial charge on any atom is -0.497 e. The second-order valence-corrected chi connectivity index (χ2v) is 10.2. The first-order chi connectivity index (χ1) is 19.8. The van der Waals surface area contributed by atoms with Crippen molar-refractivity contribution in [1.29, 1.82) is 0 Å². The number of β-amino-alcohol motifs (C(OH)–C–C–N with tert-alkyl or cyclic N) is 1. The summed E-state index contributed by atoms with van der Waals surface area (Å²) in [7, 11) is 3.12. The van der Waals surface area contributed by atoms with Crippen molar-refractivity contribution in [2.24, 2.45) is 0 Å². The van der Waals surface area contributed by atoms with E-state index in [4.69, 9.17) is 9.47 Å². The molecule has 0 bridgehead atoms. The zero-order valence-corrected chi connectivity index (χ0v) is 22.6. The van der Waals surface area contributed by atoms with Gasteiger partial charge in [-0.15, -0.1) is 0 Å². The van der Waals surface area contributed by atoms with Crippen molar-refractivity contribution < 1.29 is 28.2 Å². The van der Waals surface area contributed by atoms with Crippen molar-refractivity contribution in [1.82, 2.24) is 14.9 Å². The average Bonchev–Trinajstić information content (AvgIpc) is 3.26. The van der Waals surface area contributed by atoms with Gasteiger partial charge in [-0.3, -0.25) is 9.78 Å². The van der Waals surface area contributed by atoms with Gasteiger partial charge in [-0.25, -0.2) is 13.8 Å². The lowest BCUT2D eigenvalue weighted by Crippen LogP contribution is -2.50. The number of aliphatic hydroxyl groups is 1. The summed E-state index contributed by atoms with van der Waals surface area (Å²) < 4.78 is 40.4. The van der Waals surface area contributed by atoms with Crippen LogP contribution in [0.25, 0.3) is 11.3 Å². The summed E-state index contributed by atoms with van der Waals surface area (Å²) in [6.07, 6.45) is 1.66. The van der Waals surface area contributed by atoms with Gasteiger partial charge in [0.1, 0.15) is 23.1 Å². The van der Waals surface area contributed by atoms with E-state index in [0.717, 1.165) is 11.3 Å². The van der Waals surface area contributed by atoms with Crippen LogP contribution in [-0.2, 0) is 19.5 Å². The van der Waals surface area contributed by atoms with Gasteiger partial charge in [-0.05, 0) is 48.0 Å². The molecule has 0 unspecified atom stereocenters. The van der Waals surface area contributed by atoms with E-state index in [9.17, 15) is 18.7 Å². The fourth-order valence-corrected chi connectivity index (χ4v) is 5.34. The molecule has 10 heteroatoms. The number of ether oxygens (including phenoxy) is 2. The maximum Gasteiger partial charge on any atom is 0.256 e. The Morgan fingerprint density at radius 2 is 1.76 bits per heavy atom. The maximum absolute atomic E-state index is 14.8. The zero-order chi connectivity index (χ0) is 28.7. The van der Waals surface area contributed by atoms with Crippen molar-refractivity contribution in [2.75, 3.05) is 32.2 Å². The Kier molecular flexibility index (Phi) is 7.00. The number of aromatic nitrogens is 2. The van der Waals surface area contributed by atoms with E-state index in [1.165, 1.54) is 18.2 Å². The predicted octanol–water partition coefficient (Wildman–Crippen LogP) is 4.37. The highest BCUT2D eigenvalue weighted by molar-refractivity contribution is 5.99. The quantitative estimate of drug-likeness (QED) is 0.344. The van der Waals surface area contributed by atoms with Gasteiger partial charge in [-0.2, -0.15) is 0 Å². The van der Waals surface area contributed by atoms with Crippen molar-refractivity contribution in [3.05, 3.63) is 101 Å². The van der Waals surface area contributed by atoms with Crippen LogP contribution in [0.3, 0.4) is 0 Å². The van der Waals surface area contributed by atoms with E-state index < -0.39 is 11.6 Å². The lowest BCUT2D eigenvalue weighted by Gasteiger charge is -2.37. The number of pyridine rings is 2. The molecule has 0 aliphatic carbocycles. The molecule has 210 valence electrons. The minimum atomic E-state index is -0.730. The number of methoxy groups -OCH3 is 2. The summed E-state index contributed by atoms with van der Waals surface area (Å²) in [5, 5.41) is 9.60. The lowest BCUT2D eigenvalue weighted by atomic mass is 9.98. The Labute approximate surface area is 235 Å². The van der Waals surface area contributed by atoms with Crippen molar-refractivity contribution in [3.63, 3.8) is 0 Å². The van der Waals surface area contributed by atoms with Gasteiger partial charge in [0, 0.05) is 36.8 Å². The third kappa shape index (κ3) is 5.06. The Morgan fingerprint density at radius 3 is 2.41 bits per heavy atom. The number of carbonyl (C=O) groups is 1. The van der Waals surface area contributed by atoms with E-state index in [0.29, 0.717) is 47.1 Å². The Hall–Kier alpha value is -4.57. The number of halogens is 2. The Morgan fingerprint density at radius 1 is 0.976 bits per heavy atom. The normalized spacial score (nSPS) is 14.7. The summed E-state index contributed by atoms with van der Waals surface area (Å²) in [4.78, 5) is 26.6. The number of aliphatic hydroxyl groups excluding tert-OH is 1. The van der Waals surface area contributed by atoms with Crippen LogP contribution in [0.4, 0.5) is 14.5 Å². The molecule has 0 spiro atoms. The highest BCUT2D eigenvalue weighted by atomic mass is 19.1. The number of carbonyl (C=O) groups excluding carboxylic acids is 1. The van der Waals surface area contributed by atoms with Crippen LogP contribution < -0.4 is 14.4 Å². The van der Waals surface area contributed by atoms with E-state index in [1.807, 2.05) is 23.1 Å². The summed E-state index contributed by atoms with van der Waals surface area (Å²) in [5.41, 5.74) is 3.69. The average molecular weight is 559 g/mol. The Balaban J connectivity index is 1.36. The van der Waals surface area contributed by atoms with Crippen LogP contribution >= 0.6 is 0 Å². The molecule has 0 saturated carbocycles. The summed E-state index contributed by atoms with van der Waals surface area (Å²) in [6.45, 7) is 1.53. The molecule has 4 aromatic rings. The predicted molar refractivity (Wildman–Crippen MR) is 148 cm³/mol. The van der Waals surface area contributed by atoms with E-state index in [1.54, 1.807) is 43.5 Å². The number of benzene rings is 2.